The summed E-state index contributed by atoms with van der Waals surface area (Å²) in [6.45, 7) is 0.419. The van der Waals surface area contributed by atoms with Crippen molar-refractivity contribution in [2.75, 3.05) is 19.7 Å². The number of carbonyl (C=O) groups is 1. The van der Waals surface area contributed by atoms with E-state index in [9.17, 15) is 13.6 Å². The third kappa shape index (κ3) is 3.90. The van der Waals surface area contributed by atoms with Crippen LogP contribution in [0.4, 0.5) is 8.78 Å². The van der Waals surface area contributed by atoms with Crippen molar-refractivity contribution in [2.45, 2.75) is 25.3 Å². The fourth-order valence-corrected chi connectivity index (χ4v) is 2.08. The van der Waals surface area contributed by atoms with Gasteiger partial charge in [-0.2, -0.15) is 0 Å². The lowest BCUT2D eigenvalue weighted by Gasteiger charge is -2.31. The van der Waals surface area contributed by atoms with Crippen molar-refractivity contribution in [2.24, 2.45) is 5.73 Å². The molecule has 20 heavy (non-hydrogen) atoms. The van der Waals surface area contributed by atoms with E-state index in [1.807, 2.05) is 6.07 Å². The van der Waals surface area contributed by atoms with Gasteiger partial charge in [-0.15, -0.1) is 0 Å². The average molecular weight is 284 g/mol. The lowest BCUT2D eigenvalue weighted by Crippen LogP contribution is -2.44. The van der Waals surface area contributed by atoms with Crippen molar-refractivity contribution < 1.29 is 18.3 Å². The largest absolute Gasteiger partial charge is 0.484 e. The normalized spacial score (nSPS) is 17.9. The molecule has 6 heteroatoms. The summed E-state index contributed by atoms with van der Waals surface area (Å²) in [5, 5.41) is 0. The van der Waals surface area contributed by atoms with Crippen LogP contribution in [0.15, 0.2) is 24.3 Å². The summed E-state index contributed by atoms with van der Waals surface area (Å²) in [4.78, 5) is 13.3. The molecule has 0 saturated carbocycles. The molecule has 0 atom stereocenters. The predicted molar refractivity (Wildman–Crippen MR) is 70.6 cm³/mol. The highest BCUT2D eigenvalue weighted by Gasteiger charge is 2.35. The minimum Gasteiger partial charge on any atom is -0.484 e. The molecule has 110 valence electrons. The molecule has 1 amide bonds. The Morgan fingerprint density at radius 2 is 2.05 bits per heavy atom. The third-order valence-electron chi connectivity index (χ3n) is 3.34. The Kier molecular flexibility index (Phi) is 4.54. The van der Waals surface area contributed by atoms with Crippen LogP contribution in [-0.4, -0.2) is 36.4 Å². The number of amides is 1. The van der Waals surface area contributed by atoms with Crippen LogP contribution in [0.5, 0.6) is 5.75 Å². The van der Waals surface area contributed by atoms with Gasteiger partial charge in [0, 0.05) is 32.5 Å². The summed E-state index contributed by atoms with van der Waals surface area (Å²) in [5.74, 6) is -2.35. The Hall–Kier alpha value is -1.69. The summed E-state index contributed by atoms with van der Waals surface area (Å²) in [6.07, 6.45) is -0.553. The molecule has 1 aliphatic rings. The molecule has 0 aromatic heterocycles. The molecule has 0 bridgehead atoms. The van der Waals surface area contributed by atoms with Gasteiger partial charge in [-0.25, -0.2) is 8.78 Å². The van der Waals surface area contributed by atoms with E-state index in [0.717, 1.165) is 5.56 Å². The van der Waals surface area contributed by atoms with E-state index in [2.05, 4.69) is 0 Å². The summed E-state index contributed by atoms with van der Waals surface area (Å²) < 4.78 is 31.4. The summed E-state index contributed by atoms with van der Waals surface area (Å²) >= 11 is 0. The van der Waals surface area contributed by atoms with E-state index >= 15 is 0 Å². The first kappa shape index (κ1) is 14.7. The Morgan fingerprint density at radius 1 is 1.35 bits per heavy atom. The number of rotatable bonds is 4. The number of piperidine rings is 1. The van der Waals surface area contributed by atoms with Gasteiger partial charge >= 0.3 is 0 Å². The van der Waals surface area contributed by atoms with E-state index < -0.39 is 5.92 Å². The monoisotopic (exact) mass is 284 g/mol. The fourth-order valence-electron chi connectivity index (χ4n) is 2.08. The second kappa shape index (κ2) is 6.17. The van der Waals surface area contributed by atoms with Gasteiger partial charge < -0.3 is 15.4 Å². The van der Waals surface area contributed by atoms with Gasteiger partial charge in [-0.3, -0.25) is 4.79 Å². The smallest absolute Gasteiger partial charge is 0.260 e. The summed E-state index contributed by atoms with van der Waals surface area (Å²) in [6, 6.07) is 7.15. The number of hydrogen-bond donors (Lipinski definition) is 1. The zero-order chi connectivity index (χ0) is 14.6. The van der Waals surface area contributed by atoms with Crippen LogP contribution in [-0.2, 0) is 11.3 Å². The van der Waals surface area contributed by atoms with Gasteiger partial charge in [0.05, 0.1) is 0 Å². The molecule has 1 saturated heterocycles. The molecule has 2 N–H and O–H groups in total. The fraction of sp³-hybridized carbons (Fsp3) is 0.500. The molecule has 1 fully saturated rings. The van der Waals surface area contributed by atoms with Crippen LogP contribution < -0.4 is 10.5 Å². The first-order valence-electron chi connectivity index (χ1n) is 6.57. The molecule has 1 aromatic carbocycles. The van der Waals surface area contributed by atoms with Gasteiger partial charge in [0.1, 0.15) is 5.75 Å². The highest BCUT2D eigenvalue weighted by Crippen LogP contribution is 2.27. The van der Waals surface area contributed by atoms with Crippen molar-refractivity contribution >= 4 is 5.91 Å². The zero-order valence-electron chi connectivity index (χ0n) is 11.1. The van der Waals surface area contributed by atoms with Crippen molar-refractivity contribution in [1.29, 1.82) is 0 Å². The van der Waals surface area contributed by atoms with Crippen molar-refractivity contribution in [3.63, 3.8) is 0 Å². The highest BCUT2D eigenvalue weighted by molar-refractivity contribution is 5.77. The summed E-state index contributed by atoms with van der Waals surface area (Å²) in [5.41, 5.74) is 6.43. The highest BCUT2D eigenvalue weighted by atomic mass is 19.3. The Bertz CT molecular complexity index is 470. The maximum absolute atomic E-state index is 13.0. The second-order valence-corrected chi connectivity index (χ2v) is 4.88. The number of ether oxygens (including phenoxy) is 1. The van der Waals surface area contributed by atoms with E-state index in [0.29, 0.717) is 12.3 Å². The first-order chi connectivity index (χ1) is 9.50. The molecular weight excluding hydrogens is 266 g/mol. The Labute approximate surface area is 116 Å². The molecule has 1 aromatic rings. The average Bonchev–Trinajstić information content (AvgIpc) is 2.45. The van der Waals surface area contributed by atoms with E-state index in [4.69, 9.17) is 10.5 Å². The molecule has 2 rings (SSSR count). The van der Waals surface area contributed by atoms with Crippen LogP contribution in [0.3, 0.4) is 0 Å². The number of alkyl halides is 2. The van der Waals surface area contributed by atoms with Gasteiger partial charge in [0.2, 0.25) is 0 Å². The van der Waals surface area contributed by atoms with Crippen LogP contribution in [0.2, 0.25) is 0 Å². The Balaban J connectivity index is 1.83. The van der Waals surface area contributed by atoms with Crippen molar-refractivity contribution in [1.82, 2.24) is 4.90 Å². The Morgan fingerprint density at radius 3 is 2.70 bits per heavy atom. The van der Waals surface area contributed by atoms with Gasteiger partial charge in [-0.1, -0.05) is 12.1 Å². The number of likely N-dealkylation sites (tertiary alicyclic amines) is 1. The van der Waals surface area contributed by atoms with E-state index in [-0.39, 0.29) is 38.4 Å². The predicted octanol–water partition coefficient (Wildman–Crippen LogP) is 1.78. The number of carbonyl (C=O) groups excluding carboxylic acids is 1. The van der Waals surface area contributed by atoms with Gasteiger partial charge in [0.25, 0.3) is 11.8 Å². The quantitative estimate of drug-likeness (QED) is 0.917. The maximum atomic E-state index is 13.0. The topological polar surface area (TPSA) is 55.6 Å². The number of benzene rings is 1. The van der Waals surface area contributed by atoms with Crippen LogP contribution in [0.25, 0.3) is 0 Å². The van der Waals surface area contributed by atoms with Crippen LogP contribution in [0, 0.1) is 0 Å². The lowest BCUT2D eigenvalue weighted by molar-refractivity contribution is -0.139. The second-order valence-electron chi connectivity index (χ2n) is 4.88. The number of nitrogens with two attached hydrogens (primary N) is 1. The SMILES string of the molecule is NCc1cccc(OCC(=O)N2CCC(F)(F)CC2)c1. The third-order valence-corrected chi connectivity index (χ3v) is 3.34. The minimum atomic E-state index is -2.65. The molecular formula is C14H18F2N2O2. The maximum Gasteiger partial charge on any atom is 0.260 e. The van der Waals surface area contributed by atoms with E-state index in [1.165, 1.54) is 4.90 Å². The van der Waals surface area contributed by atoms with Crippen molar-refractivity contribution in [3.05, 3.63) is 29.8 Å². The zero-order valence-corrected chi connectivity index (χ0v) is 11.1. The van der Waals surface area contributed by atoms with Gasteiger partial charge in [-0.05, 0) is 17.7 Å². The molecule has 0 radical (unpaired) electrons. The molecule has 0 aliphatic carbocycles. The number of halogens is 2. The van der Waals surface area contributed by atoms with Gasteiger partial charge in [0.15, 0.2) is 6.61 Å². The molecule has 0 unspecified atom stereocenters. The molecule has 1 aliphatic heterocycles. The number of nitrogens with zero attached hydrogens (tertiary/aromatic N) is 1. The summed E-state index contributed by atoms with van der Waals surface area (Å²) in [7, 11) is 0. The van der Waals surface area contributed by atoms with Crippen molar-refractivity contribution in [3.8, 4) is 5.75 Å². The minimum absolute atomic E-state index is 0.0814. The molecule has 0 spiro atoms. The van der Waals surface area contributed by atoms with Crippen LogP contribution >= 0.6 is 0 Å². The lowest BCUT2D eigenvalue weighted by atomic mass is 10.1. The standard InChI is InChI=1S/C14H18F2N2O2/c15-14(16)4-6-18(7-5-14)13(19)10-20-12-3-1-2-11(8-12)9-17/h1-3,8H,4-7,9-10,17H2. The van der Waals surface area contributed by atoms with Crippen LogP contribution in [0.1, 0.15) is 18.4 Å². The number of hydrogen-bond acceptors (Lipinski definition) is 3. The molecule has 1 heterocycles. The molecule has 4 nitrogen and oxygen atoms in total. The first-order valence-corrected chi connectivity index (χ1v) is 6.57. The van der Waals surface area contributed by atoms with E-state index in [1.54, 1.807) is 18.2 Å².